The molecule has 0 bridgehead atoms. The monoisotopic (exact) mass is 1860 g/mol. The zero-order chi connectivity index (χ0) is 97.4. The molecule has 24 nitrogen and oxygen atoms in total. The maximum Gasteiger partial charge on any atom is 0.319 e. The van der Waals surface area contributed by atoms with Crippen molar-refractivity contribution < 1.29 is 28.8 Å². The summed E-state index contributed by atoms with van der Waals surface area (Å²) in [7, 11) is 0. The fourth-order valence-corrected chi connectivity index (χ4v) is 20.3. The largest absolute Gasteiger partial charge is 0.370 e. The van der Waals surface area contributed by atoms with Gasteiger partial charge in [-0.1, -0.05) is 197 Å². The number of carbonyl (C=O) groups is 6. The van der Waals surface area contributed by atoms with Crippen molar-refractivity contribution in [2.24, 2.45) is 17.2 Å². The summed E-state index contributed by atoms with van der Waals surface area (Å²) in [5, 5.41) is 22.4. The molecular formula is C114H138N18O6. The lowest BCUT2D eigenvalue weighted by Crippen LogP contribution is -2.38. The van der Waals surface area contributed by atoms with Gasteiger partial charge in [-0.15, -0.1) is 0 Å². The van der Waals surface area contributed by atoms with Crippen molar-refractivity contribution in [1.29, 1.82) is 0 Å². The van der Waals surface area contributed by atoms with Gasteiger partial charge in [0.2, 0.25) is 17.7 Å². The van der Waals surface area contributed by atoms with Crippen LogP contribution in [-0.4, -0.2) is 137 Å². The number of hydrogen-bond donors (Lipinski definition) is 9. The number of primary amides is 3. The van der Waals surface area contributed by atoms with Gasteiger partial charge < -0.3 is 77.5 Å². The highest BCUT2D eigenvalue weighted by atomic mass is 16.2. The first kappa shape index (κ1) is 98.9. The van der Waals surface area contributed by atoms with Crippen LogP contribution in [0, 0.1) is 41.5 Å². The molecule has 3 aliphatic rings. The summed E-state index contributed by atoms with van der Waals surface area (Å²) < 4.78 is 7.03. The summed E-state index contributed by atoms with van der Waals surface area (Å²) in [6.45, 7) is 34.8. The normalized spacial score (nSPS) is 16.1. The lowest BCUT2D eigenvalue weighted by Gasteiger charge is -2.33. The molecule has 17 rings (SSSR count). The van der Waals surface area contributed by atoms with Gasteiger partial charge in [0.05, 0.1) is 70.5 Å². The van der Waals surface area contributed by atoms with E-state index in [9.17, 15) is 28.8 Å². The van der Waals surface area contributed by atoms with Gasteiger partial charge in [-0.05, 0) is 284 Å². The summed E-state index contributed by atoms with van der Waals surface area (Å²) in [6.07, 6.45) is 14.5. The second-order valence-corrected chi connectivity index (χ2v) is 39.4. The van der Waals surface area contributed by atoms with E-state index in [4.69, 9.17) is 32.2 Å². The second-order valence-electron chi connectivity index (χ2n) is 39.4. The van der Waals surface area contributed by atoms with Gasteiger partial charge in [-0.3, -0.25) is 14.4 Å². The van der Waals surface area contributed by atoms with E-state index in [-0.39, 0.29) is 24.7 Å². The fourth-order valence-electron chi connectivity index (χ4n) is 20.3. The molecule has 14 aromatic rings. The first-order valence-corrected chi connectivity index (χ1v) is 49.5. The maximum atomic E-state index is 13.3. The average Bonchev–Trinajstić information content (AvgIpc) is 1.53. The summed E-state index contributed by atoms with van der Waals surface area (Å²) in [4.78, 5) is 99.4. The zero-order valence-corrected chi connectivity index (χ0v) is 82.4. The molecule has 6 heterocycles. The molecule has 0 aliphatic carbocycles. The van der Waals surface area contributed by atoms with E-state index < -0.39 is 53.9 Å². The van der Waals surface area contributed by atoms with Gasteiger partial charge in [-0.2, -0.15) is 0 Å². The number of fused-ring (bicyclic) bond motifs is 5. The Morgan fingerprint density at radius 2 is 0.696 bits per heavy atom. The number of benzene rings is 11. The van der Waals surface area contributed by atoms with Gasteiger partial charge in [0.25, 0.3) is 0 Å². The second kappa shape index (κ2) is 45.2. The molecule has 6 atom stereocenters. The van der Waals surface area contributed by atoms with Crippen LogP contribution in [0.3, 0.4) is 0 Å². The predicted octanol–water partition coefficient (Wildman–Crippen LogP) is 22.6. The Balaban J connectivity index is 0.000000157. The molecule has 0 radical (unpaired) electrons. The Hall–Kier alpha value is -13.6. The number of aromatic nitrogens is 6. The first-order chi connectivity index (χ1) is 66.4. The van der Waals surface area contributed by atoms with Crippen LogP contribution in [0.25, 0.3) is 88.8 Å². The molecule has 3 aromatic heterocycles. The number of nitrogens with one attached hydrogen (secondary N) is 6. The maximum absolute atomic E-state index is 13.3. The van der Waals surface area contributed by atoms with E-state index in [1.807, 2.05) is 123 Å². The quantitative estimate of drug-likeness (QED) is 0.0190. The molecule has 0 saturated carbocycles. The lowest BCUT2D eigenvalue weighted by atomic mass is 9.86. The number of nitrogens with zero attached hydrogens (tertiary/aromatic N) is 9. The highest BCUT2D eigenvalue weighted by Crippen LogP contribution is 2.41. The molecule has 3 aliphatic heterocycles. The number of hydrogen-bond acceptors (Lipinski definition) is 12. The van der Waals surface area contributed by atoms with Gasteiger partial charge in [-0.25, -0.2) is 29.3 Å². The first-order valence-electron chi connectivity index (χ1n) is 49.5. The molecule has 6 unspecified atom stereocenters. The van der Waals surface area contributed by atoms with E-state index in [0.29, 0.717) is 29.5 Å². The third kappa shape index (κ3) is 24.5. The van der Waals surface area contributed by atoms with Crippen LogP contribution in [0.1, 0.15) is 212 Å². The minimum atomic E-state index is -0.626. The Morgan fingerprint density at radius 1 is 0.362 bits per heavy atom. The highest BCUT2D eigenvalue weighted by molar-refractivity contribution is 6.12. The smallest absolute Gasteiger partial charge is 0.319 e. The number of nitrogens with two attached hydrogens (primary N) is 3. The van der Waals surface area contributed by atoms with Gasteiger partial charge in [0, 0.05) is 91.1 Å². The molecule has 24 heteroatoms. The van der Waals surface area contributed by atoms with E-state index in [1.54, 1.807) is 0 Å². The van der Waals surface area contributed by atoms with Crippen LogP contribution in [0.2, 0.25) is 0 Å². The number of urea groups is 3. The number of aryl methyl sites for hydroxylation is 9. The minimum Gasteiger partial charge on any atom is -0.370 e. The molecule has 3 saturated heterocycles. The number of amides is 9. The number of rotatable bonds is 30. The summed E-state index contributed by atoms with van der Waals surface area (Å²) in [5.74, 6) is 1.32. The number of piperidine rings is 3. The molecule has 12 N–H and O–H groups in total. The van der Waals surface area contributed by atoms with Crippen LogP contribution < -0.4 is 49.1 Å². The van der Waals surface area contributed by atoms with E-state index in [0.717, 1.165) is 182 Å². The topological polar surface area (TPSA) is 316 Å². The molecule has 138 heavy (non-hydrogen) atoms. The lowest BCUT2D eigenvalue weighted by molar-refractivity contribution is -0.119. The summed E-state index contributed by atoms with van der Waals surface area (Å²) >= 11 is 0. The molecule has 9 amide bonds. The number of anilines is 3. The SMILES string of the molecule is Cc1ccc(C)c(-c2nc3cc(C(CC(N)=O)NC(=O)Nc4ccccc4C(C)(C)C)ccc3n2CCCN2CCCCC2C)c1.Cc1ccc(C)c(-c2nc3cc(C(CC(N)=O)NC(=O)Nc4ccccc4C)ccc3n2CCCN2CCCCC2C)c1.Cc1ccccc1NC(=O)NC(CC(N)=O)c1ccc2c(c1)nc(-c1c3ccccc3cc3ccccc13)n2CCCN1CCCCC1C. The van der Waals surface area contributed by atoms with E-state index >= 15 is 0 Å². The fraction of sp³-hybridized carbons (Fsp3) is 0.377. The van der Waals surface area contributed by atoms with Crippen LogP contribution in [-0.2, 0) is 39.4 Å². The van der Waals surface area contributed by atoms with E-state index in [1.165, 1.54) is 104 Å². The third-order valence-corrected chi connectivity index (χ3v) is 28.0. The van der Waals surface area contributed by atoms with Crippen LogP contribution >= 0.6 is 0 Å². The third-order valence-electron chi connectivity index (χ3n) is 28.0. The Labute approximate surface area is 812 Å². The molecule has 3 fully saturated rings. The number of imidazole rings is 3. The number of para-hydroxylation sites is 3. The van der Waals surface area contributed by atoms with Crippen molar-refractivity contribution in [3.05, 3.63) is 274 Å². The molecule has 11 aromatic carbocycles. The van der Waals surface area contributed by atoms with Crippen molar-refractivity contribution in [2.45, 2.75) is 241 Å². The van der Waals surface area contributed by atoms with Crippen molar-refractivity contribution in [1.82, 2.24) is 59.3 Å². The molecular weight excluding hydrogens is 1720 g/mol. The van der Waals surface area contributed by atoms with E-state index in [2.05, 4.69) is 239 Å². The van der Waals surface area contributed by atoms with Crippen molar-refractivity contribution >= 4 is 108 Å². The minimum absolute atomic E-state index is 0.0225. The Bertz CT molecular complexity index is 6670. The van der Waals surface area contributed by atoms with Crippen molar-refractivity contribution in [3.8, 4) is 34.2 Å². The van der Waals surface area contributed by atoms with Crippen LogP contribution in [0.15, 0.2) is 218 Å². The Kier molecular flexibility index (Phi) is 32.4. The Morgan fingerprint density at radius 3 is 1.06 bits per heavy atom. The van der Waals surface area contributed by atoms with Gasteiger partial charge in [0.15, 0.2) is 0 Å². The summed E-state index contributed by atoms with van der Waals surface area (Å²) in [5.41, 5.74) is 37.9. The number of carbonyl (C=O) groups excluding carboxylic acids is 6. The molecule has 0 spiro atoms. The predicted molar refractivity (Wildman–Crippen MR) is 562 cm³/mol. The molecule has 720 valence electrons. The summed E-state index contributed by atoms with van der Waals surface area (Å²) in [6, 6.07) is 72.1. The standard InChI is InChI=1S/C41H44N6O2.C38H50N6O2.C35H44N6O2/c1-27-12-3-8-18-34(27)44-41(49)45-35(26-38(42)48)31-19-20-37-36(25-31)43-40(47(37)23-11-22-46-21-10-9-13-28(46)2)39-32-16-6-4-14-29(32)24-30-15-5-7-17-33(30)39;1-25-15-16-26(2)29(22-25)36-40-33-23-28(17-18-34(33)44(36)21-11-20-43-19-10-9-12-27(43)3)32(24-35(39)45)42-37(46)41-31-14-8-7-13-30(31)38(4,5)6;1-23-13-14-24(2)28(20-23)34-37-31-21-27(15-16-32(31)41(34)19-9-18-40-17-8-7-11-26(40)4)30(22-33(36)42)39-35(43)38-29-12-6-5-10-25(29)3/h3-8,12,14-20,24-25,28,35H,9-11,13,21-23,26H2,1-2H3,(H2,42,48)(H2,44,45,49);7-8,13-18,22-23,27,32H,9-12,19-21,24H2,1-6H3,(H2,39,45)(H2,41,42,46);5-6,10,12-16,20-21,26,30H,7-9,11,17-19,22H2,1-4H3,(H2,36,42)(H2,38,39,43). The van der Waals surface area contributed by atoms with Crippen molar-refractivity contribution in [3.63, 3.8) is 0 Å². The number of likely N-dealkylation sites (tertiary alicyclic amines) is 3. The van der Waals surface area contributed by atoms with Gasteiger partial charge >= 0.3 is 18.1 Å². The van der Waals surface area contributed by atoms with Gasteiger partial charge in [0.1, 0.15) is 17.5 Å². The van der Waals surface area contributed by atoms with Crippen LogP contribution in [0.4, 0.5) is 31.4 Å². The zero-order valence-electron chi connectivity index (χ0n) is 82.4. The van der Waals surface area contributed by atoms with Crippen LogP contribution in [0.5, 0.6) is 0 Å². The highest BCUT2D eigenvalue weighted by Gasteiger charge is 2.30. The average molecular weight is 1860 g/mol. The van der Waals surface area contributed by atoms with Crippen molar-refractivity contribution in [2.75, 3.05) is 55.2 Å².